The minimum atomic E-state index is -0.311. The van der Waals surface area contributed by atoms with Crippen LogP contribution in [0.4, 0.5) is 10.2 Å². The zero-order valence-corrected chi connectivity index (χ0v) is 10.0. The van der Waals surface area contributed by atoms with Gasteiger partial charge in [-0.1, -0.05) is 17.3 Å². The number of rotatable bonds is 2. The molecule has 0 amide bonds. The minimum Gasteiger partial charge on any atom is -0.382 e. The number of H-pyrrole nitrogens is 1. The van der Waals surface area contributed by atoms with E-state index < -0.39 is 0 Å². The lowest BCUT2D eigenvalue weighted by molar-refractivity contribution is 0.431. The molecule has 96 valence electrons. The number of anilines is 1. The molecule has 0 aliphatic rings. The van der Waals surface area contributed by atoms with Crippen LogP contribution in [0.5, 0.6) is 0 Å². The topological polar surface area (TPSA) is 93.6 Å². The SMILES string of the molecule is Cc1ccc(-c2noc(-c3cc(N)n[nH]3)n2)cc1F. The van der Waals surface area contributed by atoms with Gasteiger partial charge in [0.05, 0.1) is 0 Å². The summed E-state index contributed by atoms with van der Waals surface area (Å²) in [4.78, 5) is 4.16. The van der Waals surface area contributed by atoms with Crippen molar-refractivity contribution in [3.05, 3.63) is 35.6 Å². The third-order valence-electron chi connectivity index (χ3n) is 2.68. The Balaban J connectivity index is 1.98. The quantitative estimate of drug-likeness (QED) is 0.735. The van der Waals surface area contributed by atoms with Gasteiger partial charge in [0.25, 0.3) is 5.89 Å². The van der Waals surface area contributed by atoms with Gasteiger partial charge in [0.1, 0.15) is 17.3 Å². The second-order valence-electron chi connectivity index (χ2n) is 4.09. The van der Waals surface area contributed by atoms with Gasteiger partial charge in [-0.05, 0) is 18.6 Å². The van der Waals surface area contributed by atoms with E-state index in [0.717, 1.165) is 0 Å². The number of aromatic amines is 1. The van der Waals surface area contributed by atoms with E-state index in [4.69, 9.17) is 10.3 Å². The molecule has 0 aliphatic carbocycles. The highest BCUT2D eigenvalue weighted by molar-refractivity contribution is 5.59. The molecule has 7 heteroatoms. The second-order valence-corrected chi connectivity index (χ2v) is 4.09. The molecule has 0 saturated heterocycles. The highest BCUT2D eigenvalue weighted by atomic mass is 19.1. The minimum absolute atomic E-state index is 0.250. The smallest absolute Gasteiger partial charge is 0.276 e. The summed E-state index contributed by atoms with van der Waals surface area (Å²) < 4.78 is 18.6. The number of nitrogen functional groups attached to an aromatic ring is 1. The summed E-state index contributed by atoms with van der Waals surface area (Å²) in [6, 6.07) is 6.33. The van der Waals surface area contributed by atoms with Crippen LogP contribution in [0.15, 0.2) is 28.8 Å². The molecule has 6 nitrogen and oxygen atoms in total. The molecule has 0 unspecified atom stereocenters. The lowest BCUT2D eigenvalue weighted by Crippen LogP contribution is -1.86. The van der Waals surface area contributed by atoms with Crippen molar-refractivity contribution in [3.8, 4) is 23.0 Å². The second kappa shape index (κ2) is 4.20. The van der Waals surface area contributed by atoms with Crippen LogP contribution in [0.2, 0.25) is 0 Å². The lowest BCUT2D eigenvalue weighted by Gasteiger charge is -1.97. The van der Waals surface area contributed by atoms with Crippen molar-refractivity contribution in [1.82, 2.24) is 20.3 Å². The Hall–Kier alpha value is -2.70. The van der Waals surface area contributed by atoms with Crippen molar-refractivity contribution in [1.29, 1.82) is 0 Å². The summed E-state index contributed by atoms with van der Waals surface area (Å²) >= 11 is 0. The van der Waals surface area contributed by atoms with E-state index in [1.54, 1.807) is 25.1 Å². The fourth-order valence-corrected chi connectivity index (χ4v) is 1.63. The predicted molar refractivity (Wildman–Crippen MR) is 66.4 cm³/mol. The summed E-state index contributed by atoms with van der Waals surface area (Å²) in [5, 5.41) is 10.2. The summed E-state index contributed by atoms with van der Waals surface area (Å²) in [7, 11) is 0. The molecule has 19 heavy (non-hydrogen) atoms. The molecular weight excluding hydrogens is 249 g/mol. The number of aromatic nitrogens is 4. The van der Waals surface area contributed by atoms with Crippen molar-refractivity contribution >= 4 is 5.82 Å². The van der Waals surface area contributed by atoms with Crippen molar-refractivity contribution in [2.45, 2.75) is 6.92 Å². The highest BCUT2D eigenvalue weighted by Crippen LogP contribution is 2.23. The standard InChI is InChI=1S/C12H10FN5O/c1-6-2-3-7(4-8(6)13)11-15-12(19-18-11)9-5-10(14)17-16-9/h2-5H,1H3,(H3,14,16,17). The third-order valence-corrected chi connectivity index (χ3v) is 2.68. The highest BCUT2D eigenvalue weighted by Gasteiger charge is 2.13. The molecule has 3 N–H and O–H groups in total. The molecule has 3 aromatic rings. The van der Waals surface area contributed by atoms with Crippen LogP contribution >= 0.6 is 0 Å². The average Bonchev–Trinajstić information content (AvgIpc) is 3.01. The van der Waals surface area contributed by atoms with Gasteiger partial charge < -0.3 is 10.3 Å². The number of benzene rings is 1. The largest absolute Gasteiger partial charge is 0.382 e. The van der Waals surface area contributed by atoms with Crippen molar-refractivity contribution < 1.29 is 8.91 Å². The number of hydrogen-bond acceptors (Lipinski definition) is 5. The van der Waals surface area contributed by atoms with Crippen LogP contribution in [-0.4, -0.2) is 20.3 Å². The van der Waals surface area contributed by atoms with Gasteiger partial charge in [-0.2, -0.15) is 10.1 Å². The molecule has 2 aromatic heterocycles. The molecule has 1 aromatic carbocycles. The van der Waals surface area contributed by atoms with Crippen LogP contribution < -0.4 is 5.73 Å². The molecule has 0 atom stereocenters. The first kappa shape index (κ1) is 11.4. The summed E-state index contributed by atoms with van der Waals surface area (Å²) in [5.74, 6) is 0.577. The van der Waals surface area contributed by atoms with Gasteiger partial charge in [0, 0.05) is 11.6 Å². The number of halogens is 1. The number of nitrogens with two attached hydrogens (primary N) is 1. The molecule has 0 aliphatic heterocycles. The van der Waals surface area contributed by atoms with Crippen molar-refractivity contribution in [2.24, 2.45) is 0 Å². The Bertz CT molecular complexity index is 733. The Labute approximate surface area is 107 Å². The summed E-state index contributed by atoms with van der Waals surface area (Å²) in [5.41, 5.74) is 7.12. The predicted octanol–water partition coefficient (Wildman–Crippen LogP) is 2.16. The fraction of sp³-hybridized carbons (Fsp3) is 0.0833. The van der Waals surface area contributed by atoms with E-state index >= 15 is 0 Å². The molecule has 2 heterocycles. The molecule has 0 spiro atoms. The van der Waals surface area contributed by atoms with Crippen LogP contribution in [0.25, 0.3) is 23.0 Å². The first-order valence-electron chi connectivity index (χ1n) is 5.55. The van der Waals surface area contributed by atoms with E-state index in [0.29, 0.717) is 28.5 Å². The maximum Gasteiger partial charge on any atom is 0.276 e. The van der Waals surface area contributed by atoms with Gasteiger partial charge in [0.2, 0.25) is 5.82 Å². The average molecular weight is 259 g/mol. The van der Waals surface area contributed by atoms with E-state index in [-0.39, 0.29) is 11.7 Å². The maximum absolute atomic E-state index is 13.5. The van der Waals surface area contributed by atoms with Crippen LogP contribution in [0.3, 0.4) is 0 Å². The number of hydrogen-bond donors (Lipinski definition) is 2. The molecule has 0 bridgehead atoms. The first-order valence-corrected chi connectivity index (χ1v) is 5.55. The Morgan fingerprint density at radius 2 is 2.16 bits per heavy atom. The number of aryl methyl sites for hydroxylation is 1. The van der Waals surface area contributed by atoms with Gasteiger partial charge in [0.15, 0.2) is 0 Å². The molecule has 3 rings (SSSR count). The van der Waals surface area contributed by atoms with E-state index in [1.165, 1.54) is 6.07 Å². The maximum atomic E-state index is 13.5. The normalized spacial score (nSPS) is 10.8. The number of nitrogens with one attached hydrogen (secondary N) is 1. The summed E-state index contributed by atoms with van der Waals surface area (Å²) in [6.45, 7) is 1.69. The van der Waals surface area contributed by atoms with Gasteiger partial charge >= 0.3 is 0 Å². The molecular formula is C12H10FN5O. The van der Waals surface area contributed by atoms with E-state index in [2.05, 4.69) is 20.3 Å². The fourth-order valence-electron chi connectivity index (χ4n) is 1.63. The summed E-state index contributed by atoms with van der Waals surface area (Å²) in [6.07, 6.45) is 0. The molecule has 0 fully saturated rings. The van der Waals surface area contributed by atoms with Crippen molar-refractivity contribution in [3.63, 3.8) is 0 Å². The van der Waals surface area contributed by atoms with Crippen LogP contribution in [-0.2, 0) is 0 Å². The molecule has 0 saturated carbocycles. The number of nitrogens with zero attached hydrogens (tertiary/aromatic N) is 3. The Kier molecular flexibility index (Phi) is 2.52. The first-order chi connectivity index (χ1) is 9.13. The molecule has 0 radical (unpaired) electrons. The lowest BCUT2D eigenvalue weighted by atomic mass is 10.1. The van der Waals surface area contributed by atoms with Crippen LogP contribution in [0.1, 0.15) is 5.56 Å². The Morgan fingerprint density at radius 1 is 1.32 bits per heavy atom. The monoisotopic (exact) mass is 259 g/mol. The van der Waals surface area contributed by atoms with E-state index in [9.17, 15) is 4.39 Å². The van der Waals surface area contributed by atoms with Gasteiger partial charge in [-0.15, -0.1) is 0 Å². The zero-order chi connectivity index (χ0) is 13.4. The van der Waals surface area contributed by atoms with Crippen LogP contribution in [0, 0.1) is 12.7 Å². The van der Waals surface area contributed by atoms with E-state index in [1.807, 2.05) is 0 Å². The van der Waals surface area contributed by atoms with Gasteiger partial charge in [-0.3, -0.25) is 5.10 Å². The zero-order valence-electron chi connectivity index (χ0n) is 10.0. The third kappa shape index (κ3) is 2.05. The van der Waals surface area contributed by atoms with Gasteiger partial charge in [-0.25, -0.2) is 4.39 Å². The Morgan fingerprint density at radius 3 is 2.84 bits per heavy atom. The van der Waals surface area contributed by atoms with Crippen molar-refractivity contribution in [2.75, 3.05) is 5.73 Å².